The lowest BCUT2D eigenvalue weighted by molar-refractivity contribution is 0.0698. The summed E-state index contributed by atoms with van der Waals surface area (Å²) in [4.78, 5) is 11.1. The summed E-state index contributed by atoms with van der Waals surface area (Å²) in [5.74, 6) is 0.0283. The summed E-state index contributed by atoms with van der Waals surface area (Å²) in [5, 5.41) is 12.3. The molecule has 0 saturated carbocycles. The predicted octanol–water partition coefficient (Wildman–Crippen LogP) is 4.27. The Kier molecular flexibility index (Phi) is 6.03. The summed E-state index contributed by atoms with van der Waals surface area (Å²) in [6.07, 6.45) is 1.83. The van der Waals surface area contributed by atoms with Crippen molar-refractivity contribution in [3.8, 4) is 5.75 Å². The fraction of sp³-hybridized carbons (Fsp3) is 0.316. The van der Waals surface area contributed by atoms with Crippen LogP contribution < -0.4 is 10.1 Å². The Hall–Kier alpha value is -2.49. The SMILES string of the molecule is Cc1ccc(C)c(OCCCCNc2ccccc2C(=O)O)c1. The average molecular weight is 313 g/mol. The van der Waals surface area contributed by atoms with E-state index in [0.717, 1.165) is 30.7 Å². The third-order valence-electron chi connectivity index (χ3n) is 3.65. The Labute approximate surface area is 137 Å². The van der Waals surface area contributed by atoms with Crippen molar-refractivity contribution < 1.29 is 14.6 Å². The van der Waals surface area contributed by atoms with E-state index >= 15 is 0 Å². The van der Waals surface area contributed by atoms with Crippen molar-refractivity contribution in [2.24, 2.45) is 0 Å². The first-order valence-electron chi connectivity index (χ1n) is 7.84. The Balaban J connectivity index is 1.72. The Morgan fingerprint density at radius 2 is 1.91 bits per heavy atom. The molecule has 0 saturated heterocycles. The Bertz CT molecular complexity index is 667. The van der Waals surface area contributed by atoms with Crippen molar-refractivity contribution in [3.63, 3.8) is 0 Å². The highest BCUT2D eigenvalue weighted by molar-refractivity contribution is 5.94. The first-order chi connectivity index (χ1) is 11.1. The monoisotopic (exact) mass is 313 g/mol. The van der Waals surface area contributed by atoms with Crippen molar-refractivity contribution in [2.75, 3.05) is 18.5 Å². The first kappa shape index (κ1) is 16.9. The van der Waals surface area contributed by atoms with Crippen LogP contribution in [0.3, 0.4) is 0 Å². The van der Waals surface area contributed by atoms with Crippen LogP contribution in [0.2, 0.25) is 0 Å². The van der Waals surface area contributed by atoms with Gasteiger partial charge in [-0.1, -0.05) is 24.3 Å². The highest BCUT2D eigenvalue weighted by atomic mass is 16.5. The molecule has 0 radical (unpaired) electrons. The molecular formula is C19H23NO3. The summed E-state index contributed by atoms with van der Waals surface area (Å²) in [7, 11) is 0. The smallest absolute Gasteiger partial charge is 0.337 e. The number of hydrogen-bond acceptors (Lipinski definition) is 3. The topological polar surface area (TPSA) is 58.6 Å². The van der Waals surface area contributed by atoms with Gasteiger partial charge in [0, 0.05) is 12.2 Å². The second-order valence-corrected chi connectivity index (χ2v) is 5.60. The van der Waals surface area contributed by atoms with Gasteiger partial charge in [-0.2, -0.15) is 0 Å². The predicted molar refractivity (Wildman–Crippen MR) is 92.5 cm³/mol. The van der Waals surface area contributed by atoms with E-state index in [0.29, 0.717) is 17.9 Å². The van der Waals surface area contributed by atoms with Gasteiger partial charge >= 0.3 is 5.97 Å². The van der Waals surface area contributed by atoms with Crippen LogP contribution in [0.25, 0.3) is 0 Å². The number of hydrogen-bond donors (Lipinski definition) is 2. The van der Waals surface area contributed by atoms with Crippen LogP contribution >= 0.6 is 0 Å². The van der Waals surface area contributed by atoms with Crippen LogP contribution in [0.1, 0.15) is 34.3 Å². The molecule has 122 valence electrons. The zero-order chi connectivity index (χ0) is 16.7. The molecule has 0 bridgehead atoms. The van der Waals surface area contributed by atoms with Gasteiger partial charge in [-0.3, -0.25) is 0 Å². The Morgan fingerprint density at radius 3 is 2.70 bits per heavy atom. The zero-order valence-electron chi connectivity index (χ0n) is 13.6. The van der Waals surface area contributed by atoms with E-state index in [1.54, 1.807) is 18.2 Å². The van der Waals surface area contributed by atoms with E-state index in [2.05, 4.69) is 30.4 Å². The number of carboxylic acid groups (broad SMARTS) is 1. The number of aryl methyl sites for hydroxylation is 2. The molecule has 2 N–H and O–H groups in total. The van der Waals surface area contributed by atoms with Gasteiger partial charge in [-0.05, 0) is 56.0 Å². The summed E-state index contributed by atoms with van der Waals surface area (Å²) < 4.78 is 5.81. The largest absolute Gasteiger partial charge is 0.493 e. The molecule has 0 heterocycles. The maximum Gasteiger partial charge on any atom is 0.337 e. The van der Waals surface area contributed by atoms with Gasteiger partial charge in [-0.25, -0.2) is 4.79 Å². The molecule has 0 fully saturated rings. The maximum absolute atomic E-state index is 11.1. The van der Waals surface area contributed by atoms with E-state index in [-0.39, 0.29) is 0 Å². The molecule has 2 aromatic carbocycles. The Morgan fingerprint density at radius 1 is 1.13 bits per heavy atom. The first-order valence-corrected chi connectivity index (χ1v) is 7.84. The number of carbonyl (C=O) groups is 1. The van der Waals surface area contributed by atoms with Crippen LogP contribution in [0, 0.1) is 13.8 Å². The molecule has 0 aliphatic carbocycles. The number of rotatable bonds is 8. The van der Waals surface area contributed by atoms with Crippen LogP contribution in [0.15, 0.2) is 42.5 Å². The van der Waals surface area contributed by atoms with Crippen LogP contribution in [0.5, 0.6) is 5.75 Å². The second kappa shape index (κ2) is 8.22. The molecule has 0 aliphatic rings. The number of benzene rings is 2. The van der Waals surface area contributed by atoms with Crippen molar-refractivity contribution in [3.05, 3.63) is 59.2 Å². The van der Waals surface area contributed by atoms with Gasteiger partial charge in [-0.15, -0.1) is 0 Å². The molecule has 4 heteroatoms. The summed E-state index contributed by atoms with van der Waals surface area (Å²) in [6.45, 7) is 5.47. The van der Waals surface area contributed by atoms with Crippen molar-refractivity contribution in [1.82, 2.24) is 0 Å². The van der Waals surface area contributed by atoms with E-state index in [1.165, 1.54) is 5.56 Å². The van der Waals surface area contributed by atoms with E-state index < -0.39 is 5.97 Å². The molecule has 2 aromatic rings. The number of aromatic carboxylic acids is 1. The molecule has 0 spiro atoms. The van der Waals surface area contributed by atoms with Crippen LogP contribution in [-0.4, -0.2) is 24.2 Å². The van der Waals surface area contributed by atoms with Crippen molar-refractivity contribution >= 4 is 11.7 Å². The van der Waals surface area contributed by atoms with E-state index in [1.807, 2.05) is 13.0 Å². The minimum absolute atomic E-state index is 0.305. The average Bonchev–Trinajstić information content (AvgIpc) is 2.54. The van der Waals surface area contributed by atoms with Crippen LogP contribution in [0.4, 0.5) is 5.69 Å². The summed E-state index contributed by atoms with van der Waals surface area (Å²) in [6, 6.07) is 13.1. The molecule has 2 rings (SSSR count). The number of carboxylic acids is 1. The molecule has 0 aromatic heterocycles. The van der Waals surface area contributed by atoms with Crippen LogP contribution in [-0.2, 0) is 0 Å². The molecule has 0 amide bonds. The normalized spacial score (nSPS) is 10.3. The quantitative estimate of drug-likeness (QED) is 0.714. The molecule has 23 heavy (non-hydrogen) atoms. The fourth-order valence-electron chi connectivity index (χ4n) is 2.32. The third kappa shape index (κ3) is 5.02. The van der Waals surface area contributed by atoms with Crippen molar-refractivity contribution in [2.45, 2.75) is 26.7 Å². The number of anilines is 1. The zero-order valence-corrected chi connectivity index (χ0v) is 13.6. The highest BCUT2D eigenvalue weighted by Gasteiger charge is 2.07. The van der Waals surface area contributed by atoms with Gasteiger partial charge < -0.3 is 15.2 Å². The maximum atomic E-state index is 11.1. The third-order valence-corrected chi connectivity index (χ3v) is 3.65. The highest BCUT2D eigenvalue weighted by Crippen LogP contribution is 2.19. The number of para-hydroxylation sites is 1. The van der Waals surface area contributed by atoms with Crippen molar-refractivity contribution in [1.29, 1.82) is 0 Å². The minimum Gasteiger partial charge on any atom is -0.493 e. The second-order valence-electron chi connectivity index (χ2n) is 5.60. The van der Waals surface area contributed by atoms with Gasteiger partial charge in [0.1, 0.15) is 5.75 Å². The van der Waals surface area contributed by atoms with Gasteiger partial charge in [0.15, 0.2) is 0 Å². The van der Waals surface area contributed by atoms with E-state index in [4.69, 9.17) is 9.84 Å². The fourth-order valence-corrected chi connectivity index (χ4v) is 2.32. The van der Waals surface area contributed by atoms with Gasteiger partial charge in [0.25, 0.3) is 0 Å². The molecule has 0 aliphatic heterocycles. The molecule has 0 unspecified atom stereocenters. The van der Waals surface area contributed by atoms with Gasteiger partial charge in [0.2, 0.25) is 0 Å². The lowest BCUT2D eigenvalue weighted by atomic mass is 10.1. The molecule has 0 atom stereocenters. The summed E-state index contributed by atoms with van der Waals surface area (Å²) >= 11 is 0. The lowest BCUT2D eigenvalue weighted by Crippen LogP contribution is -2.09. The number of nitrogens with one attached hydrogen (secondary N) is 1. The lowest BCUT2D eigenvalue weighted by Gasteiger charge is -2.11. The standard InChI is InChI=1S/C19H23NO3/c1-14-9-10-15(2)18(13-14)23-12-6-5-11-20-17-8-4-3-7-16(17)19(21)22/h3-4,7-10,13,20H,5-6,11-12H2,1-2H3,(H,21,22). The number of ether oxygens (including phenoxy) is 1. The van der Waals surface area contributed by atoms with Gasteiger partial charge in [0.05, 0.1) is 12.2 Å². The number of unbranched alkanes of at least 4 members (excludes halogenated alkanes) is 1. The minimum atomic E-state index is -0.911. The summed E-state index contributed by atoms with van der Waals surface area (Å²) in [5.41, 5.74) is 3.30. The van der Waals surface area contributed by atoms with E-state index in [9.17, 15) is 4.79 Å². The molecule has 4 nitrogen and oxygen atoms in total. The molecular weight excluding hydrogens is 290 g/mol.